The highest BCUT2D eigenvalue weighted by molar-refractivity contribution is 7.91. The maximum atomic E-state index is 11.4. The maximum Gasteiger partial charge on any atom is 0.252 e. The smallest absolute Gasteiger partial charge is 0.252 e. The lowest BCUT2D eigenvalue weighted by Crippen LogP contribution is -2.21. The van der Waals surface area contributed by atoms with Crippen LogP contribution in [-0.4, -0.2) is 26.8 Å². The Kier molecular flexibility index (Phi) is 2.41. The molecule has 12 heavy (non-hydrogen) atoms. The Morgan fingerprint density at radius 1 is 1.42 bits per heavy atom. The van der Waals surface area contributed by atoms with Crippen LogP contribution in [0.25, 0.3) is 0 Å². The molecule has 0 spiro atoms. The van der Waals surface area contributed by atoms with E-state index in [1.807, 2.05) is 0 Å². The first-order chi connectivity index (χ1) is 5.44. The molecular formula is C6H10N2O2S2. The quantitative estimate of drug-likeness (QED) is 0.770. The van der Waals surface area contributed by atoms with E-state index in [0.29, 0.717) is 5.00 Å². The number of sulfonamides is 1. The molecule has 0 aliphatic heterocycles. The molecule has 1 aromatic heterocycles. The summed E-state index contributed by atoms with van der Waals surface area (Å²) in [4.78, 5) is 0. The van der Waals surface area contributed by atoms with E-state index in [4.69, 9.17) is 5.73 Å². The second-order valence-electron chi connectivity index (χ2n) is 2.44. The molecule has 0 amide bonds. The Morgan fingerprint density at radius 3 is 2.33 bits per heavy atom. The standard InChI is InChI=1S/C6H10N2O2S2/c1-8(2)12(9,10)6-4-3-5(7)11-6/h3-4H,7H2,1-2H3. The summed E-state index contributed by atoms with van der Waals surface area (Å²) in [5.74, 6) is 0. The average Bonchev–Trinajstić information content (AvgIpc) is 2.35. The third-order valence-corrected chi connectivity index (χ3v) is 4.53. The minimum Gasteiger partial charge on any atom is -0.391 e. The highest BCUT2D eigenvalue weighted by atomic mass is 32.2. The summed E-state index contributed by atoms with van der Waals surface area (Å²) in [6.45, 7) is 0. The van der Waals surface area contributed by atoms with Gasteiger partial charge < -0.3 is 5.73 Å². The Hall–Kier alpha value is -0.590. The molecule has 0 saturated carbocycles. The van der Waals surface area contributed by atoms with Crippen LogP contribution in [0.3, 0.4) is 0 Å². The highest BCUT2D eigenvalue weighted by Crippen LogP contribution is 2.24. The normalized spacial score (nSPS) is 12.2. The van der Waals surface area contributed by atoms with Crippen molar-refractivity contribution in [2.75, 3.05) is 19.8 Å². The Labute approximate surface area is 75.7 Å². The molecule has 0 aliphatic rings. The number of nitrogens with two attached hydrogens (primary N) is 1. The van der Waals surface area contributed by atoms with Gasteiger partial charge in [0.05, 0.1) is 5.00 Å². The van der Waals surface area contributed by atoms with Crippen LogP contribution in [0.5, 0.6) is 0 Å². The van der Waals surface area contributed by atoms with E-state index in [9.17, 15) is 8.42 Å². The second kappa shape index (κ2) is 3.04. The van der Waals surface area contributed by atoms with E-state index in [0.717, 1.165) is 15.6 Å². The van der Waals surface area contributed by atoms with Gasteiger partial charge in [0.25, 0.3) is 10.0 Å². The van der Waals surface area contributed by atoms with Crippen LogP contribution in [0, 0.1) is 0 Å². The fourth-order valence-electron chi connectivity index (χ4n) is 0.653. The van der Waals surface area contributed by atoms with Gasteiger partial charge >= 0.3 is 0 Å². The lowest BCUT2D eigenvalue weighted by Gasteiger charge is -2.07. The summed E-state index contributed by atoms with van der Waals surface area (Å²) < 4.78 is 24.3. The first kappa shape index (κ1) is 9.50. The number of rotatable bonds is 2. The second-order valence-corrected chi connectivity index (χ2v) is 5.94. The summed E-state index contributed by atoms with van der Waals surface area (Å²) >= 11 is 1.07. The zero-order valence-electron chi connectivity index (χ0n) is 6.81. The SMILES string of the molecule is CN(C)S(=O)(=O)c1ccc(N)s1. The van der Waals surface area contributed by atoms with Crippen molar-refractivity contribution in [3.05, 3.63) is 12.1 Å². The van der Waals surface area contributed by atoms with E-state index in [1.165, 1.54) is 20.2 Å². The molecule has 0 atom stereocenters. The first-order valence-electron chi connectivity index (χ1n) is 3.22. The number of anilines is 1. The molecule has 68 valence electrons. The minimum absolute atomic E-state index is 0.282. The van der Waals surface area contributed by atoms with Crippen LogP contribution in [-0.2, 0) is 10.0 Å². The van der Waals surface area contributed by atoms with Crippen LogP contribution >= 0.6 is 11.3 Å². The number of thiophene rings is 1. The van der Waals surface area contributed by atoms with Crippen molar-refractivity contribution < 1.29 is 8.42 Å². The van der Waals surface area contributed by atoms with Crippen LogP contribution in [0.1, 0.15) is 0 Å². The summed E-state index contributed by atoms with van der Waals surface area (Å²) in [6.07, 6.45) is 0. The Bertz CT molecular complexity index is 367. The molecule has 1 aromatic rings. The number of hydrogen-bond donors (Lipinski definition) is 1. The summed E-state index contributed by atoms with van der Waals surface area (Å²) in [6, 6.07) is 3.09. The molecule has 0 aliphatic carbocycles. The monoisotopic (exact) mass is 206 g/mol. The zero-order chi connectivity index (χ0) is 9.35. The van der Waals surface area contributed by atoms with Crippen LogP contribution < -0.4 is 5.73 Å². The minimum atomic E-state index is -3.28. The van der Waals surface area contributed by atoms with Crippen molar-refractivity contribution in [3.63, 3.8) is 0 Å². The fraction of sp³-hybridized carbons (Fsp3) is 0.333. The summed E-state index contributed by atoms with van der Waals surface area (Å²) in [5.41, 5.74) is 5.41. The van der Waals surface area contributed by atoms with Gasteiger partial charge in [0.1, 0.15) is 4.21 Å². The predicted molar refractivity (Wildman–Crippen MR) is 49.6 cm³/mol. The van der Waals surface area contributed by atoms with Gasteiger partial charge in [-0.2, -0.15) is 0 Å². The molecule has 1 heterocycles. The van der Waals surface area contributed by atoms with E-state index >= 15 is 0 Å². The Balaban J connectivity index is 3.15. The molecule has 2 N–H and O–H groups in total. The summed E-state index contributed by atoms with van der Waals surface area (Å²) in [5, 5.41) is 0.510. The van der Waals surface area contributed by atoms with Gasteiger partial charge in [-0.3, -0.25) is 0 Å². The third kappa shape index (κ3) is 1.60. The number of nitrogen functional groups attached to an aromatic ring is 1. The van der Waals surface area contributed by atoms with E-state index in [-0.39, 0.29) is 4.21 Å². The lowest BCUT2D eigenvalue weighted by atomic mass is 10.6. The average molecular weight is 206 g/mol. The molecule has 0 radical (unpaired) electrons. The first-order valence-corrected chi connectivity index (χ1v) is 5.48. The maximum absolute atomic E-state index is 11.4. The molecular weight excluding hydrogens is 196 g/mol. The largest absolute Gasteiger partial charge is 0.391 e. The number of nitrogens with zero attached hydrogens (tertiary/aromatic N) is 1. The summed E-state index contributed by atoms with van der Waals surface area (Å²) in [7, 11) is -0.302. The molecule has 0 aromatic carbocycles. The molecule has 0 bridgehead atoms. The van der Waals surface area contributed by atoms with Crippen molar-refractivity contribution in [2.45, 2.75) is 4.21 Å². The van der Waals surface area contributed by atoms with Gasteiger partial charge in [-0.1, -0.05) is 0 Å². The molecule has 1 rings (SSSR count). The van der Waals surface area contributed by atoms with Gasteiger partial charge in [0, 0.05) is 14.1 Å². The van der Waals surface area contributed by atoms with Crippen LogP contribution in [0.15, 0.2) is 16.3 Å². The van der Waals surface area contributed by atoms with Crippen molar-refractivity contribution >= 4 is 26.4 Å². The molecule has 4 nitrogen and oxygen atoms in total. The fourth-order valence-corrected chi connectivity index (χ4v) is 2.91. The van der Waals surface area contributed by atoms with E-state index < -0.39 is 10.0 Å². The Morgan fingerprint density at radius 2 is 2.00 bits per heavy atom. The molecule has 0 saturated heterocycles. The number of hydrogen-bond acceptors (Lipinski definition) is 4. The van der Waals surface area contributed by atoms with Crippen molar-refractivity contribution in [2.24, 2.45) is 0 Å². The van der Waals surface area contributed by atoms with Gasteiger partial charge in [-0.05, 0) is 12.1 Å². The topological polar surface area (TPSA) is 63.4 Å². The lowest BCUT2D eigenvalue weighted by molar-refractivity contribution is 0.523. The van der Waals surface area contributed by atoms with E-state index in [2.05, 4.69) is 0 Å². The highest BCUT2D eigenvalue weighted by Gasteiger charge is 2.18. The molecule has 6 heteroatoms. The van der Waals surface area contributed by atoms with Gasteiger partial charge in [-0.25, -0.2) is 12.7 Å². The van der Waals surface area contributed by atoms with Gasteiger partial charge in [0.15, 0.2) is 0 Å². The van der Waals surface area contributed by atoms with Crippen LogP contribution in [0.2, 0.25) is 0 Å². The molecule has 0 fully saturated rings. The van der Waals surface area contributed by atoms with Crippen molar-refractivity contribution in [1.29, 1.82) is 0 Å². The van der Waals surface area contributed by atoms with Crippen molar-refractivity contribution in [1.82, 2.24) is 4.31 Å². The van der Waals surface area contributed by atoms with Gasteiger partial charge in [-0.15, -0.1) is 11.3 Å². The van der Waals surface area contributed by atoms with Crippen LogP contribution in [0.4, 0.5) is 5.00 Å². The zero-order valence-corrected chi connectivity index (χ0v) is 8.45. The van der Waals surface area contributed by atoms with E-state index in [1.54, 1.807) is 6.07 Å². The van der Waals surface area contributed by atoms with Crippen molar-refractivity contribution in [3.8, 4) is 0 Å². The third-order valence-electron chi connectivity index (χ3n) is 1.34. The van der Waals surface area contributed by atoms with Gasteiger partial charge in [0.2, 0.25) is 0 Å². The predicted octanol–water partition coefficient (Wildman–Crippen LogP) is 0.581. The molecule has 0 unspecified atom stereocenters.